The fourth-order valence-corrected chi connectivity index (χ4v) is 2.71. The SMILES string of the molecule is Cn1ccnc1CN(CCO)C(=O)c1cc(-c2ccccc2)n(C)n1. The predicted octanol–water partition coefficient (Wildman–Crippen LogP) is 1.46. The first-order valence-corrected chi connectivity index (χ1v) is 8.06. The molecule has 0 fully saturated rings. The minimum atomic E-state index is -0.227. The zero-order chi connectivity index (χ0) is 17.8. The number of hydrogen-bond donors (Lipinski definition) is 1. The maximum atomic E-state index is 12.9. The van der Waals surface area contributed by atoms with Gasteiger partial charge in [-0.1, -0.05) is 30.3 Å². The van der Waals surface area contributed by atoms with Crippen LogP contribution in [0.2, 0.25) is 0 Å². The summed E-state index contributed by atoms with van der Waals surface area (Å²) in [5.41, 5.74) is 2.21. The highest BCUT2D eigenvalue weighted by molar-refractivity contribution is 5.93. The zero-order valence-corrected chi connectivity index (χ0v) is 14.3. The van der Waals surface area contributed by atoms with Crippen LogP contribution in [-0.4, -0.2) is 48.4 Å². The summed E-state index contributed by atoms with van der Waals surface area (Å²) < 4.78 is 3.55. The van der Waals surface area contributed by atoms with E-state index in [1.807, 2.05) is 55.2 Å². The van der Waals surface area contributed by atoms with Crippen molar-refractivity contribution in [3.8, 4) is 11.3 Å². The third kappa shape index (κ3) is 3.61. The van der Waals surface area contributed by atoms with Crippen LogP contribution >= 0.6 is 0 Å². The first-order chi connectivity index (χ1) is 12.1. The number of carbonyl (C=O) groups is 1. The largest absolute Gasteiger partial charge is 0.395 e. The van der Waals surface area contributed by atoms with E-state index < -0.39 is 0 Å². The lowest BCUT2D eigenvalue weighted by Gasteiger charge is -2.20. The summed E-state index contributed by atoms with van der Waals surface area (Å²) in [5.74, 6) is 0.524. The average Bonchev–Trinajstić information content (AvgIpc) is 3.20. The Morgan fingerprint density at radius 1 is 1.24 bits per heavy atom. The number of hydrogen-bond acceptors (Lipinski definition) is 4. The van der Waals surface area contributed by atoms with E-state index in [1.54, 1.807) is 21.8 Å². The van der Waals surface area contributed by atoms with Crippen molar-refractivity contribution < 1.29 is 9.90 Å². The van der Waals surface area contributed by atoms with Crippen molar-refractivity contribution in [3.63, 3.8) is 0 Å². The average molecular weight is 339 g/mol. The van der Waals surface area contributed by atoms with Crippen LogP contribution in [0.25, 0.3) is 11.3 Å². The molecule has 3 aromatic rings. The van der Waals surface area contributed by atoms with Crippen LogP contribution in [0.3, 0.4) is 0 Å². The lowest BCUT2D eigenvalue weighted by atomic mass is 10.1. The van der Waals surface area contributed by atoms with E-state index in [1.165, 1.54) is 0 Å². The van der Waals surface area contributed by atoms with Gasteiger partial charge in [0.05, 0.1) is 18.8 Å². The van der Waals surface area contributed by atoms with Crippen molar-refractivity contribution in [2.24, 2.45) is 14.1 Å². The molecular weight excluding hydrogens is 318 g/mol. The molecule has 2 aromatic heterocycles. The molecule has 1 N–H and O–H groups in total. The molecular formula is C18H21N5O2. The van der Waals surface area contributed by atoms with Gasteiger partial charge < -0.3 is 14.6 Å². The first-order valence-electron chi connectivity index (χ1n) is 8.06. The summed E-state index contributed by atoms with van der Waals surface area (Å²) in [6.45, 7) is 0.428. The lowest BCUT2D eigenvalue weighted by molar-refractivity contribution is 0.0695. The molecule has 0 saturated carbocycles. The predicted molar refractivity (Wildman–Crippen MR) is 93.7 cm³/mol. The number of aromatic nitrogens is 4. The summed E-state index contributed by atoms with van der Waals surface area (Å²) in [5, 5.41) is 13.7. The molecule has 0 saturated heterocycles. The Balaban J connectivity index is 1.86. The number of benzene rings is 1. The summed E-state index contributed by atoms with van der Waals surface area (Å²) in [6, 6.07) is 11.6. The number of aliphatic hydroxyl groups is 1. The molecule has 0 aliphatic rings. The Kier molecular flexibility index (Phi) is 4.95. The molecule has 7 nitrogen and oxygen atoms in total. The standard InChI is InChI=1S/C18H21N5O2/c1-21-9-8-19-17(21)13-23(10-11-24)18(25)15-12-16(22(2)20-15)14-6-4-3-5-7-14/h3-9,12,24H,10-11,13H2,1-2H3. The molecule has 7 heteroatoms. The third-order valence-electron chi connectivity index (χ3n) is 4.08. The second-order valence-corrected chi connectivity index (χ2v) is 5.81. The number of imidazole rings is 1. The van der Waals surface area contributed by atoms with Crippen LogP contribution < -0.4 is 0 Å². The molecule has 25 heavy (non-hydrogen) atoms. The van der Waals surface area contributed by atoms with E-state index in [0.29, 0.717) is 12.2 Å². The van der Waals surface area contributed by atoms with E-state index in [9.17, 15) is 9.90 Å². The molecule has 130 valence electrons. The number of aliphatic hydroxyl groups excluding tert-OH is 1. The van der Waals surface area contributed by atoms with Gasteiger partial charge in [0, 0.05) is 33.0 Å². The van der Waals surface area contributed by atoms with Gasteiger partial charge in [-0.15, -0.1) is 0 Å². The van der Waals surface area contributed by atoms with Crippen molar-refractivity contribution in [3.05, 3.63) is 60.3 Å². The number of amides is 1. The van der Waals surface area contributed by atoms with Gasteiger partial charge in [0.25, 0.3) is 5.91 Å². The maximum absolute atomic E-state index is 12.9. The van der Waals surface area contributed by atoms with Crippen LogP contribution in [0, 0.1) is 0 Å². The quantitative estimate of drug-likeness (QED) is 0.738. The zero-order valence-electron chi connectivity index (χ0n) is 14.3. The van der Waals surface area contributed by atoms with Crippen LogP contribution in [0.4, 0.5) is 0 Å². The van der Waals surface area contributed by atoms with E-state index in [2.05, 4.69) is 10.1 Å². The maximum Gasteiger partial charge on any atom is 0.274 e. The lowest BCUT2D eigenvalue weighted by Crippen LogP contribution is -2.34. The number of rotatable bonds is 6. The smallest absolute Gasteiger partial charge is 0.274 e. The Labute approximate surface area is 146 Å². The summed E-state index contributed by atoms with van der Waals surface area (Å²) in [4.78, 5) is 18.7. The number of carbonyl (C=O) groups excluding carboxylic acids is 1. The Hall–Kier alpha value is -2.93. The fraction of sp³-hybridized carbons (Fsp3) is 0.278. The molecule has 0 bridgehead atoms. The molecule has 0 radical (unpaired) electrons. The van der Waals surface area contributed by atoms with Crippen molar-refractivity contribution in [2.75, 3.05) is 13.2 Å². The highest BCUT2D eigenvalue weighted by Crippen LogP contribution is 2.20. The fourth-order valence-electron chi connectivity index (χ4n) is 2.71. The van der Waals surface area contributed by atoms with Gasteiger partial charge >= 0.3 is 0 Å². The Morgan fingerprint density at radius 3 is 2.64 bits per heavy atom. The van der Waals surface area contributed by atoms with Gasteiger partial charge in [0.15, 0.2) is 5.69 Å². The first kappa shape index (κ1) is 16.9. The van der Waals surface area contributed by atoms with Crippen LogP contribution in [-0.2, 0) is 20.6 Å². The summed E-state index contributed by atoms with van der Waals surface area (Å²) >= 11 is 0. The monoisotopic (exact) mass is 339 g/mol. The van der Waals surface area contributed by atoms with Gasteiger partial charge in [-0.3, -0.25) is 9.48 Å². The molecule has 2 heterocycles. The van der Waals surface area contributed by atoms with E-state index in [4.69, 9.17) is 0 Å². The second kappa shape index (κ2) is 7.31. The summed E-state index contributed by atoms with van der Waals surface area (Å²) in [7, 11) is 3.69. The highest BCUT2D eigenvalue weighted by atomic mass is 16.3. The Bertz CT molecular complexity index is 853. The van der Waals surface area contributed by atoms with Gasteiger partial charge in [0.2, 0.25) is 0 Å². The third-order valence-corrected chi connectivity index (χ3v) is 4.08. The van der Waals surface area contributed by atoms with Crippen LogP contribution in [0.1, 0.15) is 16.3 Å². The molecule has 0 unspecified atom stereocenters. The molecule has 0 aliphatic heterocycles. The molecule has 0 aliphatic carbocycles. The topological polar surface area (TPSA) is 76.2 Å². The van der Waals surface area contributed by atoms with Gasteiger partial charge in [-0.25, -0.2) is 4.98 Å². The molecule has 1 aromatic carbocycles. The molecule has 3 rings (SSSR count). The highest BCUT2D eigenvalue weighted by Gasteiger charge is 2.21. The molecule has 0 spiro atoms. The van der Waals surface area contributed by atoms with E-state index in [-0.39, 0.29) is 19.1 Å². The van der Waals surface area contributed by atoms with Crippen molar-refractivity contribution in [2.45, 2.75) is 6.54 Å². The number of nitrogens with zero attached hydrogens (tertiary/aromatic N) is 5. The number of aryl methyl sites for hydroxylation is 2. The van der Waals surface area contributed by atoms with Gasteiger partial charge in [0.1, 0.15) is 5.82 Å². The normalized spacial score (nSPS) is 10.8. The second-order valence-electron chi connectivity index (χ2n) is 5.81. The van der Waals surface area contributed by atoms with Crippen molar-refractivity contribution in [1.82, 2.24) is 24.2 Å². The van der Waals surface area contributed by atoms with E-state index in [0.717, 1.165) is 17.1 Å². The molecule has 0 atom stereocenters. The molecule has 1 amide bonds. The van der Waals surface area contributed by atoms with Gasteiger partial charge in [-0.05, 0) is 11.6 Å². The van der Waals surface area contributed by atoms with Crippen molar-refractivity contribution in [1.29, 1.82) is 0 Å². The van der Waals surface area contributed by atoms with Crippen LogP contribution in [0.5, 0.6) is 0 Å². The van der Waals surface area contributed by atoms with Gasteiger partial charge in [-0.2, -0.15) is 5.10 Å². The Morgan fingerprint density at radius 2 is 2.00 bits per heavy atom. The van der Waals surface area contributed by atoms with Crippen molar-refractivity contribution >= 4 is 5.91 Å². The van der Waals surface area contributed by atoms with E-state index >= 15 is 0 Å². The van der Waals surface area contributed by atoms with Crippen LogP contribution in [0.15, 0.2) is 48.8 Å². The minimum Gasteiger partial charge on any atom is -0.395 e. The minimum absolute atomic E-state index is 0.117. The summed E-state index contributed by atoms with van der Waals surface area (Å²) in [6.07, 6.45) is 3.51.